The Bertz CT molecular complexity index is 378. The summed E-state index contributed by atoms with van der Waals surface area (Å²) in [6.45, 7) is 0.600. The Kier molecular flexibility index (Phi) is 5.64. The molecule has 0 radical (unpaired) electrons. The first kappa shape index (κ1) is 13.3. The highest BCUT2D eigenvalue weighted by Crippen LogP contribution is 2.35. The van der Waals surface area contributed by atoms with E-state index in [4.69, 9.17) is 15.7 Å². The minimum Gasteiger partial charge on any atom is -0.491 e. The number of nitriles is 1. The van der Waals surface area contributed by atoms with Crippen molar-refractivity contribution in [1.82, 2.24) is 0 Å². The van der Waals surface area contributed by atoms with E-state index >= 15 is 0 Å². The summed E-state index contributed by atoms with van der Waals surface area (Å²) in [4.78, 5) is 0. The van der Waals surface area contributed by atoms with E-state index in [0.717, 1.165) is 27.5 Å². The monoisotopic (exact) mass is 346 g/mol. The number of halogens is 2. The third kappa shape index (κ3) is 4.03. The van der Waals surface area contributed by atoms with Crippen LogP contribution in [0.5, 0.6) is 5.75 Å². The normalized spacial score (nSPS) is 9.81. The first-order valence-electron chi connectivity index (χ1n) is 4.89. The average Bonchev–Trinajstić information content (AvgIpc) is 2.20. The predicted molar refractivity (Wildman–Crippen MR) is 71.2 cm³/mol. The Morgan fingerprint density at radius 2 is 1.88 bits per heavy atom. The van der Waals surface area contributed by atoms with Crippen LogP contribution in [-0.4, -0.2) is 6.61 Å². The summed E-state index contributed by atoms with van der Waals surface area (Å²) in [7, 11) is 0. The average molecular weight is 348 g/mol. The molecule has 0 spiro atoms. The van der Waals surface area contributed by atoms with Gasteiger partial charge in [0.25, 0.3) is 0 Å². The van der Waals surface area contributed by atoms with Crippen LogP contribution in [0.1, 0.15) is 19.3 Å². The summed E-state index contributed by atoms with van der Waals surface area (Å²) in [5.74, 6) is 0.756. The van der Waals surface area contributed by atoms with Crippen molar-refractivity contribution in [3.63, 3.8) is 0 Å². The van der Waals surface area contributed by atoms with E-state index in [0.29, 0.717) is 18.7 Å². The van der Waals surface area contributed by atoms with Crippen LogP contribution < -0.4 is 10.5 Å². The second-order valence-electron chi connectivity index (χ2n) is 3.28. The minimum atomic E-state index is 0.577. The molecular weight excluding hydrogens is 336 g/mol. The lowest BCUT2D eigenvalue weighted by atomic mass is 10.2. The zero-order valence-electron chi connectivity index (χ0n) is 8.67. The van der Waals surface area contributed by atoms with Gasteiger partial charge in [0.1, 0.15) is 5.75 Å². The Morgan fingerprint density at radius 3 is 2.44 bits per heavy atom. The van der Waals surface area contributed by atoms with Crippen molar-refractivity contribution in [3.05, 3.63) is 21.1 Å². The maximum absolute atomic E-state index is 8.38. The van der Waals surface area contributed by atoms with Crippen LogP contribution in [0.3, 0.4) is 0 Å². The van der Waals surface area contributed by atoms with Gasteiger partial charge in [-0.15, -0.1) is 0 Å². The van der Waals surface area contributed by atoms with Gasteiger partial charge in [-0.2, -0.15) is 5.26 Å². The van der Waals surface area contributed by atoms with Gasteiger partial charge in [0, 0.05) is 12.1 Å². The van der Waals surface area contributed by atoms with Crippen molar-refractivity contribution in [2.75, 3.05) is 12.3 Å². The van der Waals surface area contributed by atoms with Crippen molar-refractivity contribution in [2.24, 2.45) is 0 Å². The molecule has 0 amide bonds. The van der Waals surface area contributed by atoms with Gasteiger partial charge in [-0.1, -0.05) is 0 Å². The Hall–Kier alpha value is -0.730. The fourth-order valence-corrected chi connectivity index (χ4v) is 2.65. The van der Waals surface area contributed by atoms with Crippen LogP contribution in [0.4, 0.5) is 5.69 Å². The molecule has 1 rings (SSSR count). The number of unbranched alkanes of at least 4 members (excludes halogenated alkanes) is 2. The summed E-state index contributed by atoms with van der Waals surface area (Å²) >= 11 is 6.79. The van der Waals surface area contributed by atoms with Crippen molar-refractivity contribution in [3.8, 4) is 11.8 Å². The molecule has 16 heavy (non-hydrogen) atoms. The van der Waals surface area contributed by atoms with Crippen LogP contribution in [0.25, 0.3) is 0 Å². The van der Waals surface area contributed by atoms with Gasteiger partial charge in [0.2, 0.25) is 0 Å². The molecule has 0 aliphatic carbocycles. The maximum Gasteiger partial charge on any atom is 0.147 e. The molecule has 0 aliphatic rings. The molecule has 0 aromatic heterocycles. The van der Waals surface area contributed by atoms with Gasteiger partial charge in [-0.25, -0.2) is 0 Å². The minimum absolute atomic E-state index is 0.577. The number of benzene rings is 1. The second-order valence-corrected chi connectivity index (χ2v) is 4.99. The number of hydrogen-bond donors (Lipinski definition) is 1. The lowest BCUT2D eigenvalue weighted by Gasteiger charge is -2.10. The Morgan fingerprint density at radius 1 is 1.25 bits per heavy atom. The molecular formula is C11H12Br2N2O. The topological polar surface area (TPSA) is 59.0 Å². The van der Waals surface area contributed by atoms with Crippen molar-refractivity contribution < 1.29 is 4.74 Å². The lowest BCUT2D eigenvalue weighted by Crippen LogP contribution is -1.99. The molecule has 0 saturated heterocycles. The molecule has 1 aromatic rings. The van der Waals surface area contributed by atoms with Gasteiger partial charge in [-0.3, -0.25) is 0 Å². The number of ether oxygens (including phenoxy) is 1. The molecule has 86 valence electrons. The van der Waals surface area contributed by atoms with Crippen molar-refractivity contribution >= 4 is 37.5 Å². The third-order valence-corrected chi connectivity index (χ3v) is 3.13. The maximum atomic E-state index is 8.38. The standard InChI is InChI=1S/C11H12Br2N2O/c12-9-6-8(15)7-10(13)11(9)16-5-3-1-2-4-14/h6-7H,1-3,5,15H2. The molecule has 1 aromatic carbocycles. The van der Waals surface area contributed by atoms with E-state index in [9.17, 15) is 0 Å². The highest BCUT2D eigenvalue weighted by atomic mass is 79.9. The van der Waals surface area contributed by atoms with Crippen LogP contribution >= 0.6 is 31.9 Å². The second kappa shape index (κ2) is 6.77. The number of nitrogen functional groups attached to an aromatic ring is 1. The molecule has 0 aliphatic heterocycles. The zero-order chi connectivity index (χ0) is 12.0. The number of nitrogens with two attached hydrogens (primary N) is 1. The number of hydrogen-bond acceptors (Lipinski definition) is 3. The number of nitrogens with zero attached hydrogens (tertiary/aromatic N) is 1. The molecule has 3 nitrogen and oxygen atoms in total. The quantitative estimate of drug-likeness (QED) is 0.649. The predicted octanol–water partition coefficient (Wildman–Crippen LogP) is 3.87. The van der Waals surface area contributed by atoms with Crippen molar-refractivity contribution in [2.45, 2.75) is 19.3 Å². The molecule has 5 heteroatoms. The fraction of sp³-hybridized carbons (Fsp3) is 0.364. The molecule has 2 N–H and O–H groups in total. The van der Waals surface area contributed by atoms with E-state index in [1.807, 2.05) is 0 Å². The molecule has 0 bridgehead atoms. The van der Waals surface area contributed by atoms with E-state index in [1.54, 1.807) is 12.1 Å². The number of rotatable bonds is 5. The number of anilines is 1. The van der Waals surface area contributed by atoms with E-state index < -0.39 is 0 Å². The zero-order valence-corrected chi connectivity index (χ0v) is 11.8. The summed E-state index contributed by atoms with van der Waals surface area (Å²) in [6.07, 6.45) is 2.31. The van der Waals surface area contributed by atoms with Crippen LogP contribution in [0.2, 0.25) is 0 Å². The summed E-state index contributed by atoms with van der Waals surface area (Å²) in [5.41, 5.74) is 6.35. The highest BCUT2D eigenvalue weighted by molar-refractivity contribution is 9.11. The Labute approximate surface area is 112 Å². The first-order valence-corrected chi connectivity index (χ1v) is 6.48. The summed E-state index contributed by atoms with van der Waals surface area (Å²) in [5, 5.41) is 8.38. The van der Waals surface area contributed by atoms with E-state index in [2.05, 4.69) is 37.9 Å². The first-order chi connectivity index (χ1) is 7.65. The lowest BCUT2D eigenvalue weighted by molar-refractivity contribution is 0.304. The largest absolute Gasteiger partial charge is 0.491 e. The summed E-state index contributed by atoms with van der Waals surface area (Å²) in [6, 6.07) is 5.71. The molecule has 0 unspecified atom stereocenters. The highest BCUT2D eigenvalue weighted by Gasteiger charge is 2.07. The van der Waals surface area contributed by atoms with Crippen LogP contribution in [-0.2, 0) is 0 Å². The van der Waals surface area contributed by atoms with Gasteiger partial charge in [0.05, 0.1) is 21.6 Å². The van der Waals surface area contributed by atoms with E-state index in [-0.39, 0.29) is 0 Å². The molecule has 0 heterocycles. The molecule has 0 atom stereocenters. The SMILES string of the molecule is N#CCCCCOc1c(Br)cc(N)cc1Br. The smallest absolute Gasteiger partial charge is 0.147 e. The van der Waals surface area contributed by atoms with Crippen LogP contribution in [0.15, 0.2) is 21.1 Å². The van der Waals surface area contributed by atoms with Gasteiger partial charge >= 0.3 is 0 Å². The van der Waals surface area contributed by atoms with Crippen molar-refractivity contribution in [1.29, 1.82) is 5.26 Å². The molecule has 0 fully saturated rings. The van der Waals surface area contributed by atoms with Crippen LogP contribution in [0, 0.1) is 11.3 Å². The Balaban J connectivity index is 2.51. The van der Waals surface area contributed by atoms with E-state index in [1.165, 1.54) is 0 Å². The van der Waals surface area contributed by atoms with Gasteiger partial charge in [0.15, 0.2) is 0 Å². The van der Waals surface area contributed by atoms with Gasteiger partial charge in [-0.05, 0) is 56.8 Å². The van der Waals surface area contributed by atoms with Gasteiger partial charge < -0.3 is 10.5 Å². The molecule has 0 saturated carbocycles. The fourth-order valence-electron chi connectivity index (χ4n) is 1.20. The summed E-state index contributed by atoms with van der Waals surface area (Å²) < 4.78 is 7.28. The third-order valence-electron chi connectivity index (χ3n) is 1.95.